The molecule has 0 aromatic heterocycles. The molecule has 2 nitrogen and oxygen atoms in total. The van der Waals surface area contributed by atoms with Gasteiger partial charge in [0.2, 0.25) is 0 Å². The molecule has 0 saturated carbocycles. The lowest BCUT2D eigenvalue weighted by Gasteiger charge is -2.26. The Morgan fingerprint density at radius 3 is 1.97 bits per heavy atom. The highest BCUT2D eigenvalue weighted by molar-refractivity contribution is 6.17. The van der Waals surface area contributed by atoms with E-state index in [0.717, 1.165) is 33.9 Å². The molecule has 6 rings (SSSR count). The van der Waals surface area contributed by atoms with E-state index in [1.54, 1.807) is 0 Å². The van der Waals surface area contributed by atoms with Gasteiger partial charge in [-0.2, -0.15) is 0 Å². The zero-order valence-electron chi connectivity index (χ0n) is 20.1. The van der Waals surface area contributed by atoms with Gasteiger partial charge >= 0.3 is 0 Å². The Labute approximate surface area is 201 Å². The summed E-state index contributed by atoms with van der Waals surface area (Å²) in [5, 5.41) is 0. The van der Waals surface area contributed by atoms with Crippen molar-refractivity contribution in [3.63, 3.8) is 0 Å². The molecule has 2 heteroatoms. The number of rotatable bonds is 0. The molecule has 34 heavy (non-hydrogen) atoms. The van der Waals surface area contributed by atoms with Crippen molar-refractivity contribution in [3.05, 3.63) is 124 Å². The van der Waals surface area contributed by atoms with Crippen LogP contribution in [-0.2, 0) is 10.8 Å². The Bertz CT molecular complexity index is 1490. The molecule has 0 spiro atoms. The van der Waals surface area contributed by atoms with Crippen LogP contribution in [0.25, 0.3) is 17.8 Å². The predicted octanol–water partition coefficient (Wildman–Crippen LogP) is 7.61. The van der Waals surface area contributed by atoms with Gasteiger partial charge in [-0.15, -0.1) is 0 Å². The van der Waals surface area contributed by atoms with Crippen LogP contribution in [0.4, 0.5) is 0 Å². The van der Waals surface area contributed by atoms with Gasteiger partial charge in [-0.05, 0) is 46.6 Å². The summed E-state index contributed by atoms with van der Waals surface area (Å²) in [7, 11) is 0. The van der Waals surface area contributed by atoms with E-state index in [4.69, 9.17) is 9.98 Å². The largest absolute Gasteiger partial charge is 0.253 e. The van der Waals surface area contributed by atoms with Crippen molar-refractivity contribution in [2.24, 2.45) is 9.98 Å². The van der Waals surface area contributed by atoms with Gasteiger partial charge in [-0.3, -0.25) is 9.98 Å². The van der Waals surface area contributed by atoms with Gasteiger partial charge in [0.15, 0.2) is 0 Å². The van der Waals surface area contributed by atoms with Gasteiger partial charge in [0, 0.05) is 22.0 Å². The third-order valence-corrected chi connectivity index (χ3v) is 7.42. The molecule has 3 aliphatic heterocycles. The van der Waals surface area contributed by atoms with Crippen molar-refractivity contribution in [3.8, 4) is 0 Å². The van der Waals surface area contributed by atoms with E-state index in [1.807, 2.05) is 0 Å². The van der Waals surface area contributed by atoms with Crippen LogP contribution < -0.4 is 0 Å². The zero-order valence-corrected chi connectivity index (χ0v) is 20.1. The average Bonchev–Trinajstić information content (AvgIpc) is 3.45. The van der Waals surface area contributed by atoms with Crippen molar-refractivity contribution in [1.82, 2.24) is 0 Å². The third kappa shape index (κ3) is 3.25. The van der Waals surface area contributed by atoms with Crippen LogP contribution in [0.5, 0.6) is 0 Å². The molecule has 3 aliphatic rings. The van der Waals surface area contributed by atoms with Gasteiger partial charge in [-0.25, -0.2) is 0 Å². The highest BCUT2D eigenvalue weighted by atomic mass is 14.8. The lowest BCUT2D eigenvalue weighted by molar-refractivity contribution is 0.720. The third-order valence-electron chi connectivity index (χ3n) is 7.42. The van der Waals surface area contributed by atoms with Gasteiger partial charge in [0.25, 0.3) is 0 Å². The predicted molar refractivity (Wildman–Crippen MR) is 144 cm³/mol. The first kappa shape index (κ1) is 20.8. The summed E-state index contributed by atoms with van der Waals surface area (Å²) in [6.45, 7) is 9.04. The monoisotopic (exact) mass is 440 g/mol. The van der Waals surface area contributed by atoms with Gasteiger partial charge in [-0.1, -0.05) is 100 Å². The number of hydrogen-bond donors (Lipinski definition) is 0. The Balaban J connectivity index is 1.64. The summed E-state index contributed by atoms with van der Waals surface area (Å²) in [6.07, 6.45) is 8.69. The Morgan fingerprint density at radius 1 is 0.588 bits per heavy atom. The molecule has 0 N–H and O–H groups in total. The molecule has 0 fully saturated rings. The maximum absolute atomic E-state index is 5.25. The van der Waals surface area contributed by atoms with Crippen LogP contribution in [-0.4, -0.2) is 11.4 Å². The topological polar surface area (TPSA) is 24.7 Å². The molecule has 3 aromatic rings. The Morgan fingerprint density at radius 2 is 1.24 bits per heavy atom. The van der Waals surface area contributed by atoms with Crippen LogP contribution in [0.1, 0.15) is 61.1 Å². The van der Waals surface area contributed by atoms with E-state index in [0.29, 0.717) is 0 Å². The number of allylic oxidation sites excluding steroid dienone is 2. The van der Waals surface area contributed by atoms with Gasteiger partial charge in [0.05, 0.1) is 22.8 Å². The summed E-state index contributed by atoms with van der Waals surface area (Å²) >= 11 is 0. The van der Waals surface area contributed by atoms with E-state index in [1.165, 1.54) is 22.3 Å². The molecule has 0 saturated heterocycles. The Hall–Kier alpha value is -3.78. The minimum Gasteiger partial charge on any atom is -0.253 e. The number of nitrogens with zero attached hydrogens (tertiary/aromatic N) is 2. The first-order valence-electron chi connectivity index (χ1n) is 11.9. The number of fused-ring (bicyclic) bond motifs is 9. The summed E-state index contributed by atoms with van der Waals surface area (Å²) < 4.78 is 0. The minimum absolute atomic E-state index is 0.205. The fourth-order valence-corrected chi connectivity index (χ4v) is 5.19. The molecule has 166 valence electrons. The summed E-state index contributed by atoms with van der Waals surface area (Å²) in [4.78, 5) is 10.3. The van der Waals surface area contributed by atoms with E-state index < -0.39 is 0 Å². The summed E-state index contributed by atoms with van der Waals surface area (Å²) in [5.74, 6) is 0. The van der Waals surface area contributed by atoms with E-state index >= 15 is 0 Å². The SMILES string of the molecule is CC1(C)C2=N/C(=C\c3cccc(c3)C(C)(C)C3=N/C(=C\c4cccc1c4)c1ccccc13)C=C2. The van der Waals surface area contributed by atoms with E-state index in [2.05, 4.69) is 125 Å². The van der Waals surface area contributed by atoms with Crippen LogP contribution >= 0.6 is 0 Å². The smallest absolute Gasteiger partial charge is 0.0718 e. The normalized spacial score (nSPS) is 22.1. The lowest BCUT2D eigenvalue weighted by Crippen LogP contribution is -2.29. The van der Waals surface area contributed by atoms with Gasteiger partial charge < -0.3 is 0 Å². The lowest BCUT2D eigenvalue weighted by atomic mass is 9.76. The van der Waals surface area contributed by atoms with Crippen molar-refractivity contribution in [2.75, 3.05) is 0 Å². The van der Waals surface area contributed by atoms with Crippen LogP contribution in [0, 0.1) is 0 Å². The molecule has 0 atom stereocenters. The molecule has 3 heterocycles. The maximum Gasteiger partial charge on any atom is 0.0718 e. The molecule has 0 unspecified atom stereocenters. The Kier molecular flexibility index (Phi) is 4.50. The number of aliphatic imine (C=N–C) groups is 2. The quantitative estimate of drug-likeness (QED) is 0.344. The second kappa shape index (κ2) is 7.36. The number of hydrogen-bond acceptors (Lipinski definition) is 2. The van der Waals surface area contributed by atoms with Crippen molar-refractivity contribution in [2.45, 2.75) is 38.5 Å². The standard InChI is InChI=1S/C32H28N2/c1-31(2)23-11-8-10-22(18-23)20-28-26-13-5-6-14-27(26)30(34-28)32(3,4)24-12-7-9-21(17-24)19-25-15-16-29(31)33-25/h5-20H,1-4H3/b25-19-,28-20-. The van der Waals surface area contributed by atoms with Crippen LogP contribution in [0.15, 0.2) is 101 Å². The zero-order chi connectivity index (χ0) is 23.5. The minimum atomic E-state index is -0.249. The van der Waals surface area contributed by atoms with Gasteiger partial charge in [0.1, 0.15) is 0 Å². The van der Waals surface area contributed by atoms with Crippen molar-refractivity contribution < 1.29 is 0 Å². The molecular formula is C32H28N2. The van der Waals surface area contributed by atoms with E-state index in [-0.39, 0.29) is 10.8 Å². The number of benzene rings is 3. The molecule has 0 aliphatic carbocycles. The molecular weight excluding hydrogens is 412 g/mol. The highest BCUT2D eigenvalue weighted by Crippen LogP contribution is 2.40. The summed E-state index contributed by atoms with van der Waals surface area (Å²) in [5.41, 5.74) is 11.0. The summed E-state index contributed by atoms with van der Waals surface area (Å²) in [6, 6.07) is 26.2. The molecule has 0 amide bonds. The van der Waals surface area contributed by atoms with Crippen molar-refractivity contribution >= 4 is 29.3 Å². The van der Waals surface area contributed by atoms with E-state index in [9.17, 15) is 0 Å². The molecule has 8 bridgehead atoms. The molecule has 0 radical (unpaired) electrons. The van der Waals surface area contributed by atoms with Crippen LogP contribution in [0.3, 0.4) is 0 Å². The van der Waals surface area contributed by atoms with Crippen LogP contribution in [0.2, 0.25) is 0 Å². The first-order valence-corrected chi connectivity index (χ1v) is 11.9. The highest BCUT2D eigenvalue weighted by Gasteiger charge is 2.34. The fourth-order valence-electron chi connectivity index (χ4n) is 5.19. The fraction of sp³-hybridized carbons (Fsp3) is 0.188. The van der Waals surface area contributed by atoms with Crippen molar-refractivity contribution in [1.29, 1.82) is 0 Å². The second-order valence-electron chi connectivity index (χ2n) is 10.4. The molecule has 3 aromatic carbocycles. The maximum atomic E-state index is 5.25. The first-order chi connectivity index (χ1) is 16.3. The average molecular weight is 441 g/mol. The second-order valence-corrected chi connectivity index (χ2v) is 10.4.